The van der Waals surface area contributed by atoms with Gasteiger partial charge in [-0.2, -0.15) is 0 Å². The van der Waals surface area contributed by atoms with E-state index in [4.69, 9.17) is 4.74 Å². The Kier molecular flexibility index (Phi) is 4.15. The van der Waals surface area contributed by atoms with Crippen LogP contribution in [0.2, 0.25) is 0 Å². The molecule has 1 aromatic rings. The van der Waals surface area contributed by atoms with Gasteiger partial charge in [0.1, 0.15) is 5.82 Å². The van der Waals surface area contributed by atoms with Crippen molar-refractivity contribution in [1.29, 1.82) is 0 Å². The van der Waals surface area contributed by atoms with Crippen LogP contribution in [0.15, 0.2) is 0 Å². The molecule has 0 spiro atoms. The molecule has 1 aromatic heterocycles. The third-order valence-corrected chi connectivity index (χ3v) is 4.63. The van der Waals surface area contributed by atoms with E-state index in [1.54, 1.807) is 0 Å². The zero-order chi connectivity index (χ0) is 15.7. The summed E-state index contributed by atoms with van der Waals surface area (Å²) in [5.74, 6) is -0.889. The summed E-state index contributed by atoms with van der Waals surface area (Å²) < 4.78 is 6.82. The van der Waals surface area contributed by atoms with E-state index in [1.165, 1.54) is 7.11 Å². The van der Waals surface area contributed by atoms with Crippen molar-refractivity contribution < 1.29 is 19.4 Å². The number of aromatic carboxylic acids is 1. The highest BCUT2D eigenvalue weighted by Gasteiger charge is 2.37. The molecule has 0 aromatic carbocycles. The van der Waals surface area contributed by atoms with Crippen molar-refractivity contribution >= 4 is 11.9 Å². The van der Waals surface area contributed by atoms with E-state index in [0.29, 0.717) is 12.1 Å². The van der Waals surface area contributed by atoms with E-state index in [9.17, 15) is 14.7 Å². The molecule has 0 amide bonds. The van der Waals surface area contributed by atoms with Crippen LogP contribution in [-0.4, -0.2) is 46.8 Å². The molecule has 3 heterocycles. The number of methoxy groups -OCH3 is 1. The van der Waals surface area contributed by atoms with Crippen LogP contribution >= 0.6 is 0 Å². The number of esters is 1. The number of rotatable bonds is 3. The van der Waals surface area contributed by atoms with Crippen molar-refractivity contribution in [2.45, 2.75) is 44.1 Å². The van der Waals surface area contributed by atoms with Crippen LogP contribution in [0.25, 0.3) is 0 Å². The van der Waals surface area contributed by atoms with Gasteiger partial charge in [0.25, 0.3) is 0 Å². The van der Waals surface area contributed by atoms with Crippen molar-refractivity contribution in [3.8, 4) is 0 Å². The zero-order valence-electron chi connectivity index (χ0n) is 12.7. The van der Waals surface area contributed by atoms with Gasteiger partial charge in [0, 0.05) is 12.5 Å². The number of nitrogens with one attached hydrogen (secondary N) is 1. The maximum absolute atomic E-state index is 12.0. The molecular weight excluding hydrogens is 286 g/mol. The quantitative estimate of drug-likeness (QED) is 0.812. The predicted octanol–water partition coefficient (Wildman–Crippen LogP) is 1.10. The number of ether oxygens (including phenoxy) is 1. The van der Waals surface area contributed by atoms with E-state index < -0.39 is 11.9 Å². The van der Waals surface area contributed by atoms with E-state index >= 15 is 0 Å². The summed E-state index contributed by atoms with van der Waals surface area (Å²) in [7, 11) is 1.34. The summed E-state index contributed by atoms with van der Waals surface area (Å²) in [6, 6.07) is 0. The molecule has 1 atom stereocenters. The smallest absolute Gasteiger partial charge is 0.356 e. The molecule has 1 fully saturated rings. The maximum atomic E-state index is 12.0. The lowest BCUT2D eigenvalue weighted by atomic mass is 9.93. The Balaban J connectivity index is 2.06. The maximum Gasteiger partial charge on any atom is 0.356 e. The second-order valence-electron chi connectivity index (χ2n) is 5.90. The number of carbonyl (C=O) groups excluding carboxylic acids is 1. The van der Waals surface area contributed by atoms with Crippen LogP contribution < -0.4 is 5.32 Å². The number of carboxylic acid groups (broad SMARTS) is 1. The topological polar surface area (TPSA) is 93.5 Å². The Labute approximate surface area is 128 Å². The normalized spacial score (nSPS) is 22.1. The average molecular weight is 307 g/mol. The van der Waals surface area contributed by atoms with Crippen molar-refractivity contribution in [1.82, 2.24) is 14.9 Å². The number of nitrogens with zero attached hydrogens (tertiary/aromatic N) is 2. The third-order valence-electron chi connectivity index (χ3n) is 4.63. The summed E-state index contributed by atoms with van der Waals surface area (Å²) in [5.41, 5.74) is 0.544. The van der Waals surface area contributed by atoms with Gasteiger partial charge in [-0.05, 0) is 38.8 Å². The van der Waals surface area contributed by atoms with Crippen LogP contribution in [0.5, 0.6) is 0 Å². The second-order valence-corrected chi connectivity index (χ2v) is 5.90. The number of fused-ring (bicyclic) bond motifs is 1. The highest BCUT2D eigenvalue weighted by molar-refractivity contribution is 5.90. The summed E-state index contributed by atoms with van der Waals surface area (Å²) >= 11 is 0. The molecular formula is C15H21N3O4. The van der Waals surface area contributed by atoms with Gasteiger partial charge in [-0.3, -0.25) is 4.79 Å². The van der Waals surface area contributed by atoms with Crippen LogP contribution in [0.1, 0.15) is 59.5 Å². The summed E-state index contributed by atoms with van der Waals surface area (Å²) in [6.07, 6.45) is 3.33. The number of hydrogen-bond acceptors (Lipinski definition) is 5. The molecule has 22 heavy (non-hydrogen) atoms. The molecule has 0 radical (unpaired) electrons. The summed E-state index contributed by atoms with van der Waals surface area (Å²) in [4.78, 5) is 28.0. The molecule has 0 aliphatic carbocycles. The molecule has 1 saturated heterocycles. The monoisotopic (exact) mass is 307 g/mol. The van der Waals surface area contributed by atoms with Crippen LogP contribution in [0.3, 0.4) is 0 Å². The lowest BCUT2D eigenvalue weighted by Crippen LogP contribution is -2.30. The number of carbonyl (C=O) groups is 2. The van der Waals surface area contributed by atoms with E-state index in [1.807, 2.05) is 4.57 Å². The fourth-order valence-corrected chi connectivity index (χ4v) is 3.58. The minimum absolute atomic E-state index is 0.0173. The minimum Gasteiger partial charge on any atom is -0.476 e. The number of carboxylic acids is 1. The largest absolute Gasteiger partial charge is 0.476 e. The predicted molar refractivity (Wildman–Crippen MR) is 78.0 cm³/mol. The van der Waals surface area contributed by atoms with Gasteiger partial charge in [-0.25, -0.2) is 9.78 Å². The Morgan fingerprint density at radius 1 is 1.32 bits per heavy atom. The van der Waals surface area contributed by atoms with Crippen molar-refractivity contribution in [2.24, 2.45) is 0 Å². The number of aromatic nitrogens is 2. The van der Waals surface area contributed by atoms with Crippen molar-refractivity contribution in [3.05, 3.63) is 17.2 Å². The summed E-state index contributed by atoms with van der Waals surface area (Å²) in [5, 5.41) is 12.8. The fourth-order valence-electron chi connectivity index (χ4n) is 3.58. The standard InChI is InChI=1S/C15H21N3O4/c1-22-15(21)10-3-2-8-18-12(10)11(14(19)20)17-13(18)9-4-6-16-7-5-9/h9-10,16H,2-8H2,1H3,(H,19,20). The van der Waals surface area contributed by atoms with Crippen molar-refractivity contribution in [3.63, 3.8) is 0 Å². The Bertz CT molecular complexity index is 590. The molecule has 0 saturated carbocycles. The van der Waals surface area contributed by atoms with Gasteiger partial charge in [0.2, 0.25) is 0 Å². The molecule has 2 aliphatic heterocycles. The molecule has 7 nitrogen and oxygen atoms in total. The van der Waals surface area contributed by atoms with Gasteiger partial charge in [-0.1, -0.05) is 0 Å². The van der Waals surface area contributed by atoms with E-state index in [-0.39, 0.29) is 17.6 Å². The van der Waals surface area contributed by atoms with Crippen LogP contribution in [0, 0.1) is 0 Å². The van der Waals surface area contributed by atoms with E-state index in [2.05, 4.69) is 10.3 Å². The number of hydrogen-bond donors (Lipinski definition) is 2. The molecule has 2 aliphatic rings. The Morgan fingerprint density at radius 2 is 2.05 bits per heavy atom. The first-order valence-corrected chi connectivity index (χ1v) is 7.75. The minimum atomic E-state index is -1.07. The first kappa shape index (κ1) is 15.0. The molecule has 2 N–H and O–H groups in total. The first-order chi connectivity index (χ1) is 10.6. The van der Waals surface area contributed by atoms with E-state index in [0.717, 1.165) is 44.7 Å². The lowest BCUT2D eigenvalue weighted by molar-refractivity contribution is -0.143. The fraction of sp³-hybridized carbons (Fsp3) is 0.667. The van der Waals surface area contributed by atoms with Gasteiger partial charge in [-0.15, -0.1) is 0 Å². The first-order valence-electron chi connectivity index (χ1n) is 7.75. The number of imidazole rings is 1. The molecule has 1 unspecified atom stereocenters. The third kappa shape index (κ3) is 2.49. The Morgan fingerprint density at radius 3 is 2.68 bits per heavy atom. The Hall–Kier alpha value is -1.89. The van der Waals surface area contributed by atoms with Gasteiger partial charge < -0.3 is 19.7 Å². The molecule has 3 rings (SSSR count). The van der Waals surface area contributed by atoms with Gasteiger partial charge in [0.15, 0.2) is 5.69 Å². The van der Waals surface area contributed by atoms with Gasteiger partial charge >= 0.3 is 11.9 Å². The summed E-state index contributed by atoms with van der Waals surface area (Å²) in [6.45, 7) is 2.55. The zero-order valence-corrected chi connectivity index (χ0v) is 12.7. The lowest BCUT2D eigenvalue weighted by Gasteiger charge is -2.27. The average Bonchev–Trinajstić information content (AvgIpc) is 2.95. The molecule has 7 heteroatoms. The van der Waals surface area contributed by atoms with Crippen LogP contribution in [-0.2, 0) is 16.1 Å². The molecule has 0 bridgehead atoms. The second kappa shape index (κ2) is 6.08. The highest BCUT2D eigenvalue weighted by atomic mass is 16.5. The number of piperidine rings is 1. The highest BCUT2D eigenvalue weighted by Crippen LogP contribution is 2.36. The van der Waals surface area contributed by atoms with Crippen LogP contribution in [0.4, 0.5) is 0 Å². The molecule has 120 valence electrons. The van der Waals surface area contributed by atoms with Crippen molar-refractivity contribution in [2.75, 3.05) is 20.2 Å². The van der Waals surface area contributed by atoms with Gasteiger partial charge in [0.05, 0.1) is 18.7 Å². The SMILES string of the molecule is COC(=O)C1CCCn2c(C3CCNCC3)nc(C(=O)O)c21.